The number of carbonyl (C=O) groups excluding carboxylic acids is 1. The average molecular weight is 351 g/mol. The Bertz CT molecular complexity index is 419. The van der Waals surface area contributed by atoms with Crippen LogP contribution in [-0.4, -0.2) is 58.0 Å². The van der Waals surface area contributed by atoms with Crippen LogP contribution in [0.4, 0.5) is 0 Å². The summed E-state index contributed by atoms with van der Waals surface area (Å²) < 4.78 is 26.8. The Morgan fingerprint density at radius 2 is 1.52 bits per heavy atom. The molecule has 0 fully saturated rings. The maximum atomic E-state index is 11.5. The molecule has 0 aliphatic rings. The van der Waals surface area contributed by atoms with Crippen molar-refractivity contribution < 1.29 is 32.5 Å². The zero-order valence-electron chi connectivity index (χ0n) is 14.7. The number of hydrogen-bond acceptors (Lipinski definition) is 6. The number of quaternary nitrogens is 1. The van der Waals surface area contributed by atoms with Gasteiger partial charge in [0.2, 0.25) is 0 Å². The summed E-state index contributed by atoms with van der Waals surface area (Å²) in [4.78, 5) is 22.6. The molecule has 0 aromatic heterocycles. The minimum Gasteiger partial charge on any atom is -0.756 e. The molecule has 0 heterocycles. The van der Waals surface area contributed by atoms with Crippen LogP contribution in [0, 0.1) is 0 Å². The summed E-state index contributed by atoms with van der Waals surface area (Å²) in [5, 5.41) is 0. The first-order chi connectivity index (χ1) is 10.5. The highest BCUT2D eigenvalue weighted by atomic mass is 31.2. The molecule has 0 bridgehead atoms. The molecule has 0 saturated heterocycles. The minimum absolute atomic E-state index is 0.0181. The molecule has 0 aliphatic heterocycles. The Labute approximate surface area is 139 Å². The second-order valence-electron chi connectivity index (χ2n) is 6.46. The average Bonchev–Trinajstić information content (AvgIpc) is 2.40. The summed E-state index contributed by atoms with van der Waals surface area (Å²) in [6.07, 6.45) is 2.53. The quantitative estimate of drug-likeness (QED) is 0.166. The van der Waals surface area contributed by atoms with E-state index in [0.717, 1.165) is 17.4 Å². The highest BCUT2D eigenvalue weighted by Gasteiger charge is 2.10. The zero-order valence-corrected chi connectivity index (χ0v) is 15.6. The SMILES string of the molecule is C=C(C)C(=O)OCCCCOP(=O)([O-])OCCCC[N+](C)(C)C. The number of ether oxygens (including phenoxy) is 1. The number of unbranched alkanes of at least 4 members (excludes halogenated alkanes) is 2. The van der Waals surface area contributed by atoms with Crippen molar-refractivity contribution in [1.82, 2.24) is 0 Å². The van der Waals surface area contributed by atoms with Gasteiger partial charge in [-0.1, -0.05) is 6.58 Å². The van der Waals surface area contributed by atoms with Crippen molar-refractivity contribution in [1.29, 1.82) is 0 Å². The van der Waals surface area contributed by atoms with Gasteiger partial charge in [-0.15, -0.1) is 0 Å². The van der Waals surface area contributed by atoms with Crippen LogP contribution in [0.3, 0.4) is 0 Å². The first-order valence-electron chi connectivity index (χ1n) is 7.77. The zero-order chi connectivity index (χ0) is 17.9. The number of phosphoric ester groups is 1. The van der Waals surface area contributed by atoms with Crippen LogP contribution in [0.2, 0.25) is 0 Å². The lowest BCUT2D eigenvalue weighted by atomic mass is 10.3. The van der Waals surface area contributed by atoms with E-state index in [1.54, 1.807) is 6.92 Å². The van der Waals surface area contributed by atoms with Gasteiger partial charge in [0.05, 0.1) is 47.5 Å². The van der Waals surface area contributed by atoms with Gasteiger partial charge in [0, 0.05) is 5.57 Å². The molecule has 0 radical (unpaired) electrons. The summed E-state index contributed by atoms with van der Waals surface area (Å²) in [7, 11) is 2.00. The summed E-state index contributed by atoms with van der Waals surface area (Å²) in [6.45, 7) is 6.35. The van der Waals surface area contributed by atoms with E-state index >= 15 is 0 Å². The normalized spacial score (nSPS) is 14.3. The molecule has 7 nitrogen and oxygen atoms in total. The predicted octanol–water partition coefficient (Wildman–Crippen LogP) is 1.87. The third kappa shape index (κ3) is 14.6. The fourth-order valence-corrected chi connectivity index (χ4v) is 2.35. The lowest BCUT2D eigenvalue weighted by molar-refractivity contribution is -0.870. The molecular weight excluding hydrogens is 321 g/mol. The molecule has 0 spiro atoms. The van der Waals surface area contributed by atoms with Crippen LogP contribution in [0.25, 0.3) is 0 Å². The third-order valence-corrected chi connectivity index (χ3v) is 3.84. The molecule has 8 heteroatoms. The number of rotatable bonds is 13. The van der Waals surface area contributed by atoms with Gasteiger partial charge in [0.1, 0.15) is 0 Å². The fourth-order valence-electron chi connectivity index (χ4n) is 1.57. The van der Waals surface area contributed by atoms with Crippen molar-refractivity contribution in [3.63, 3.8) is 0 Å². The Morgan fingerprint density at radius 3 is 2.00 bits per heavy atom. The standard InChI is InChI=1S/C15H30NO6P/c1-14(2)15(17)20-11-8-9-13-22-23(18,19)21-12-7-6-10-16(3,4)5/h1,6-13H2,2-5H3. The molecule has 0 N–H and O–H groups in total. The highest BCUT2D eigenvalue weighted by Crippen LogP contribution is 2.38. The van der Waals surface area contributed by atoms with Gasteiger partial charge < -0.3 is 23.2 Å². The van der Waals surface area contributed by atoms with Crippen LogP contribution in [0.5, 0.6) is 0 Å². The molecule has 0 aromatic rings. The topological polar surface area (TPSA) is 84.9 Å². The number of esters is 1. The van der Waals surface area contributed by atoms with Crippen LogP contribution >= 0.6 is 7.82 Å². The molecular formula is C15H30NO6P. The van der Waals surface area contributed by atoms with Crippen LogP contribution in [0.1, 0.15) is 32.6 Å². The summed E-state index contributed by atoms with van der Waals surface area (Å²) in [5.41, 5.74) is 0.337. The van der Waals surface area contributed by atoms with Gasteiger partial charge in [0.15, 0.2) is 0 Å². The molecule has 0 saturated carbocycles. The third-order valence-electron chi connectivity index (χ3n) is 2.84. The number of phosphoric acid groups is 1. The van der Waals surface area contributed by atoms with E-state index in [2.05, 4.69) is 27.7 Å². The minimum atomic E-state index is -4.23. The van der Waals surface area contributed by atoms with Gasteiger partial charge in [-0.3, -0.25) is 4.57 Å². The summed E-state index contributed by atoms with van der Waals surface area (Å²) in [5.74, 6) is -0.447. The molecule has 1 unspecified atom stereocenters. The van der Waals surface area contributed by atoms with Crippen molar-refractivity contribution in [2.24, 2.45) is 0 Å². The summed E-state index contributed by atoms with van der Waals surface area (Å²) >= 11 is 0. The van der Waals surface area contributed by atoms with Gasteiger partial charge in [-0.25, -0.2) is 4.79 Å². The molecule has 0 aliphatic carbocycles. The Hall–Kier alpha value is -0.720. The largest absolute Gasteiger partial charge is 0.756 e. The number of carbonyl (C=O) groups is 1. The van der Waals surface area contributed by atoms with E-state index in [0.29, 0.717) is 24.8 Å². The molecule has 0 rings (SSSR count). The van der Waals surface area contributed by atoms with Crippen molar-refractivity contribution >= 4 is 13.8 Å². The van der Waals surface area contributed by atoms with Crippen molar-refractivity contribution in [3.8, 4) is 0 Å². The Morgan fingerprint density at radius 1 is 1.04 bits per heavy atom. The molecule has 136 valence electrons. The first kappa shape index (κ1) is 22.3. The smallest absolute Gasteiger partial charge is 0.333 e. The van der Waals surface area contributed by atoms with E-state index in [-0.39, 0.29) is 19.8 Å². The van der Waals surface area contributed by atoms with Crippen LogP contribution in [-0.2, 0) is 23.1 Å². The fraction of sp³-hybridized carbons (Fsp3) is 0.800. The highest BCUT2D eigenvalue weighted by molar-refractivity contribution is 7.45. The first-order valence-corrected chi connectivity index (χ1v) is 9.23. The number of nitrogens with zero attached hydrogens (tertiary/aromatic N) is 1. The lowest BCUT2D eigenvalue weighted by Crippen LogP contribution is -2.35. The van der Waals surface area contributed by atoms with Gasteiger partial charge in [-0.05, 0) is 32.6 Å². The Kier molecular flexibility index (Phi) is 10.6. The van der Waals surface area contributed by atoms with Crippen molar-refractivity contribution in [2.45, 2.75) is 32.6 Å². The van der Waals surface area contributed by atoms with Gasteiger partial charge in [0.25, 0.3) is 7.82 Å². The maximum absolute atomic E-state index is 11.5. The van der Waals surface area contributed by atoms with Crippen molar-refractivity contribution in [3.05, 3.63) is 12.2 Å². The van der Waals surface area contributed by atoms with E-state index in [1.165, 1.54) is 0 Å². The lowest BCUT2D eigenvalue weighted by Gasteiger charge is -2.25. The van der Waals surface area contributed by atoms with Crippen LogP contribution < -0.4 is 4.89 Å². The summed E-state index contributed by atoms with van der Waals surface area (Å²) in [6, 6.07) is 0. The number of hydrogen-bond donors (Lipinski definition) is 0. The van der Waals surface area contributed by atoms with Crippen LogP contribution in [0.15, 0.2) is 12.2 Å². The van der Waals surface area contributed by atoms with Gasteiger partial charge in [-0.2, -0.15) is 0 Å². The van der Waals surface area contributed by atoms with E-state index < -0.39 is 13.8 Å². The second-order valence-corrected chi connectivity index (χ2v) is 7.87. The molecule has 1 atom stereocenters. The Balaban J connectivity index is 3.63. The monoisotopic (exact) mass is 351 g/mol. The van der Waals surface area contributed by atoms with E-state index in [4.69, 9.17) is 13.8 Å². The van der Waals surface area contributed by atoms with Gasteiger partial charge >= 0.3 is 5.97 Å². The predicted molar refractivity (Wildman–Crippen MR) is 86.7 cm³/mol. The molecule has 0 amide bonds. The van der Waals surface area contributed by atoms with E-state index in [1.807, 2.05) is 0 Å². The van der Waals surface area contributed by atoms with Crippen molar-refractivity contribution in [2.75, 3.05) is 47.5 Å². The molecule has 23 heavy (non-hydrogen) atoms. The second kappa shape index (κ2) is 10.9. The van der Waals surface area contributed by atoms with E-state index in [9.17, 15) is 14.3 Å². The molecule has 0 aromatic carbocycles. The maximum Gasteiger partial charge on any atom is 0.333 e.